The molecular formula is C16H21FN2O. The number of nitrogens with zero attached hydrogens (tertiary/aromatic N) is 1. The summed E-state index contributed by atoms with van der Waals surface area (Å²) in [6.45, 7) is 4.42. The van der Waals surface area contributed by atoms with Crippen molar-refractivity contribution in [2.24, 2.45) is 5.92 Å². The van der Waals surface area contributed by atoms with Crippen LogP contribution in [-0.4, -0.2) is 43.2 Å². The second-order valence-electron chi connectivity index (χ2n) is 6.32. The van der Waals surface area contributed by atoms with Crippen LogP contribution in [0.1, 0.15) is 18.4 Å². The molecule has 0 aliphatic carbocycles. The van der Waals surface area contributed by atoms with Gasteiger partial charge in [-0.1, -0.05) is 0 Å². The lowest BCUT2D eigenvalue weighted by Crippen LogP contribution is -2.48. The van der Waals surface area contributed by atoms with Crippen molar-refractivity contribution in [1.29, 1.82) is 0 Å². The third-order valence-corrected chi connectivity index (χ3v) is 5.00. The van der Waals surface area contributed by atoms with Gasteiger partial charge in [0.15, 0.2) is 0 Å². The first-order valence-electron chi connectivity index (χ1n) is 7.69. The molecule has 1 N–H and O–H groups in total. The number of hydrogen-bond donors (Lipinski definition) is 1. The van der Waals surface area contributed by atoms with E-state index in [4.69, 9.17) is 4.74 Å². The minimum atomic E-state index is -0.161. The number of ether oxygens (including phenoxy) is 1. The quantitative estimate of drug-likeness (QED) is 0.891. The number of likely N-dealkylation sites (tertiary alicyclic amines) is 1. The fraction of sp³-hybridized carbons (Fsp3) is 0.625. The zero-order chi connectivity index (χ0) is 13.5. The molecule has 0 bridgehead atoms. The van der Waals surface area contributed by atoms with E-state index in [9.17, 15) is 4.39 Å². The van der Waals surface area contributed by atoms with Crippen LogP contribution in [0.3, 0.4) is 0 Å². The van der Waals surface area contributed by atoms with Crippen molar-refractivity contribution in [3.05, 3.63) is 29.6 Å². The molecule has 4 heteroatoms. The van der Waals surface area contributed by atoms with Crippen molar-refractivity contribution >= 4 is 0 Å². The molecule has 3 heterocycles. The predicted molar refractivity (Wildman–Crippen MR) is 75.5 cm³/mol. The predicted octanol–water partition coefficient (Wildman–Crippen LogP) is 1.81. The average molecular weight is 276 g/mol. The highest BCUT2D eigenvalue weighted by Crippen LogP contribution is 2.32. The van der Waals surface area contributed by atoms with Crippen LogP contribution in [0.25, 0.3) is 0 Å². The monoisotopic (exact) mass is 276 g/mol. The van der Waals surface area contributed by atoms with E-state index >= 15 is 0 Å². The van der Waals surface area contributed by atoms with Gasteiger partial charge < -0.3 is 10.1 Å². The second kappa shape index (κ2) is 5.01. The Balaban J connectivity index is 1.43. The van der Waals surface area contributed by atoms with Gasteiger partial charge in [-0.05, 0) is 50.0 Å². The Kier molecular flexibility index (Phi) is 3.15. The summed E-state index contributed by atoms with van der Waals surface area (Å²) in [5, 5.41) is 3.51. The van der Waals surface area contributed by atoms with Crippen LogP contribution < -0.4 is 10.1 Å². The first-order chi connectivity index (χ1) is 9.79. The standard InChI is InChI=1S/C16H21FN2O/c17-13-3-4-16-12(6-13)7-14(20-16)10-19-5-1-2-11-8-18-9-15(11)19/h3-4,6,11,14-15,18H,1-2,5,7-10H2. The van der Waals surface area contributed by atoms with Gasteiger partial charge in [-0.15, -0.1) is 0 Å². The van der Waals surface area contributed by atoms with Crippen molar-refractivity contribution in [2.75, 3.05) is 26.2 Å². The molecule has 0 spiro atoms. The molecule has 3 nitrogen and oxygen atoms in total. The van der Waals surface area contributed by atoms with Gasteiger partial charge in [0.2, 0.25) is 0 Å². The largest absolute Gasteiger partial charge is 0.488 e. The first kappa shape index (κ1) is 12.6. The Morgan fingerprint density at radius 1 is 1.35 bits per heavy atom. The van der Waals surface area contributed by atoms with E-state index in [2.05, 4.69) is 10.2 Å². The molecule has 3 atom stereocenters. The number of hydrogen-bond acceptors (Lipinski definition) is 3. The van der Waals surface area contributed by atoms with Crippen LogP contribution >= 0.6 is 0 Å². The van der Waals surface area contributed by atoms with Crippen LogP contribution in [0.4, 0.5) is 4.39 Å². The van der Waals surface area contributed by atoms with Crippen molar-refractivity contribution in [2.45, 2.75) is 31.4 Å². The lowest BCUT2D eigenvalue weighted by Gasteiger charge is -2.38. The molecule has 1 aromatic rings. The van der Waals surface area contributed by atoms with Crippen LogP contribution in [0, 0.1) is 11.7 Å². The summed E-state index contributed by atoms with van der Waals surface area (Å²) in [5.74, 6) is 1.52. The van der Waals surface area contributed by atoms with Gasteiger partial charge in [0, 0.05) is 31.1 Å². The van der Waals surface area contributed by atoms with Gasteiger partial charge in [-0.3, -0.25) is 4.90 Å². The van der Waals surface area contributed by atoms with Crippen molar-refractivity contribution in [3.63, 3.8) is 0 Å². The molecule has 3 aliphatic heterocycles. The summed E-state index contributed by atoms with van der Waals surface area (Å²) in [5.41, 5.74) is 1.02. The normalized spacial score (nSPS) is 32.8. The molecule has 0 aromatic heterocycles. The zero-order valence-electron chi connectivity index (χ0n) is 11.6. The highest BCUT2D eigenvalue weighted by Gasteiger charge is 2.37. The Hall–Kier alpha value is -1.13. The smallest absolute Gasteiger partial charge is 0.123 e. The van der Waals surface area contributed by atoms with Gasteiger partial charge in [-0.25, -0.2) is 4.39 Å². The summed E-state index contributed by atoms with van der Waals surface area (Å²) >= 11 is 0. The second-order valence-corrected chi connectivity index (χ2v) is 6.32. The van der Waals surface area contributed by atoms with E-state index < -0.39 is 0 Å². The molecule has 0 radical (unpaired) electrons. The maximum absolute atomic E-state index is 13.2. The number of piperidine rings is 1. The van der Waals surface area contributed by atoms with Crippen LogP contribution in [0.15, 0.2) is 18.2 Å². The van der Waals surface area contributed by atoms with Gasteiger partial charge in [0.05, 0.1) is 0 Å². The van der Waals surface area contributed by atoms with Gasteiger partial charge in [-0.2, -0.15) is 0 Å². The molecule has 20 heavy (non-hydrogen) atoms. The van der Waals surface area contributed by atoms with E-state index in [0.29, 0.717) is 6.04 Å². The van der Waals surface area contributed by atoms with Gasteiger partial charge >= 0.3 is 0 Å². The summed E-state index contributed by atoms with van der Waals surface area (Å²) in [7, 11) is 0. The maximum Gasteiger partial charge on any atom is 0.123 e. The number of fused-ring (bicyclic) bond motifs is 2. The van der Waals surface area contributed by atoms with Crippen molar-refractivity contribution in [3.8, 4) is 5.75 Å². The Morgan fingerprint density at radius 2 is 2.30 bits per heavy atom. The molecule has 108 valence electrons. The molecule has 0 amide bonds. The molecular weight excluding hydrogens is 255 g/mol. The third-order valence-electron chi connectivity index (χ3n) is 5.00. The molecule has 1 aromatic carbocycles. The number of benzene rings is 1. The number of rotatable bonds is 2. The van der Waals surface area contributed by atoms with E-state index in [1.807, 2.05) is 0 Å². The number of halogens is 1. The first-order valence-corrected chi connectivity index (χ1v) is 7.69. The highest BCUT2D eigenvalue weighted by atomic mass is 19.1. The fourth-order valence-corrected chi connectivity index (χ4v) is 4.04. The summed E-state index contributed by atoms with van der Waals surface area (Å²) in [6.07, 6.45) is 3.67. The lowest BCUT2D eigenvalue weighted by molar-refractivity contribution is 0.0771. The molecule has 2 saturated heterocycles. The molecule has 4 rings (SSSR count). The van der Waals surface area contributed by atoms with Crippen molar-refractivity contribution < 1.29 is 9.13 Å². The lowest BCUT2D eigenvalue weighted by atomic mass is 9.91. The fourth-order valence-electron chi connectivity index (χ4n) is 4.04. The van der Waals surface area contributed by atoms with E-state index in [0.717, 1.165) is 43.3 Å². The summed E-state index contributed by atoms with van der Waals surface area (Å²) < 4.78 is 19.2. The minimum Gasteiger partial charge on any atom is -0.488 e. The Bertz CT molecular complexity index is 507. The minimum absolute atomic E-state index is 0.161. The third kappa shape index (κ3) is 2.21. The van der Waals surface area contributed by atoms with Crippen LogP contribution in [-0.2, 0) is 6.42 Å². The van der Waals surface area contributed by atoms with E-state index in [1.165, 1.54) is 25.5 Å². The van der Waals surface area contributed by atoms with Crippen LogP contribution in [0.5, 0.6) is 5.75 Å². The van der Waals surface area contributed by atoms with Crippen LogP contribution in [0.2, 0.25) is 0 Å². The zero-order valence-corrected chi connectivity index (χ0v) is 11.6. The Labute approximate surface area is 119 Å². The molecule has 0 saturated carbocycles. The molecule has 3 unspecified atom stereocenters. The Morgan fingerprint density at radius 3 is 3.25 bits per heavy atom. The van der Waals surface area contributed by atoms with Gasteiger partial charge in [0.25, 0.3) is 0 Å². The number of nitrogens with one attached hydrogen (secondary N) is 1. The highest BCUT2D eigenvalue weighted by molar-refractivity contribution is 5.38. The SMILES string of the molecule is Fc1ccc2c(c1)CC(CN1CCCC3CNCC31)O2. The van der Waals surface area contributed by atoms with Crippen molar-refractivity contribution in [1.82, 2.24) is 10.2 Å². The topological polar surface area (TPSA) is 24.5 Å². The summed E-state index contributed by atoms with van der Waals surface area (Å²) in [6, 6.07) is 5.54. The van der Waals surface area contributed by atoms with E-state index in [1.54, 1.807) is 12.1 Å². The molecule has 2 fully saturated rings. The summed E-state index contributed by atoms with van der Waals surface area (Å²) in [4.78, 5) is 2.58. The maximum atomic E-state index is 13.2. The molecule has 3 aliphatic rings. The van der Waals surface area contributed by atoms with E-state index in [-0.39, 0.29) is 11.9 Å². The van der Waals surface area contributed by atoms with Gasteiger partial charge in [0.1, 0.15) is 17.7 Å². The average Bonchev–Trinajstić information content (AvgIpc) is 3.04.